The van der Waals surface area contributed by atoms with Crippen LogP contribution >= 0.6 is 0 Å². The molecule has 0 amide bonds. The Morgan fingerprint density at radius 1 is 0.900 bits per heavy atom. The molecule has 102 valence electrons. The molecule has 3 heteroatoms. The Balaban J connectivity index is 2.28. The predicted molar refractivity (Wildman–Crippen MR) is 84.9 cm³/mol. The highest BCUT2D eigenvalue weighted by molar-refractivity contribution is 5.85. The van der Waals surface area contributed by atoms with Gasteiger partial charge in [0.05, 0.1) is 11.0 Å². The molecule has 3 aromatic rings. The van der Waals surface area contributed by atoms with Gasteiger partial charge >= 0.3 is 0 Å². The zero-order valence-corrected chi connectivity index (χ0v) is 12.3. The lowest BCUT2D eigenvalue weighted by molar-refractivity contribution is 1.30. The molecule has 2 aromatic carbocycles. The summed E-state index contributed by atoms with van der Waals surface area (Å²) < 4.78 is 0. The maximum Gasteiger partial charge on any atom is 0.140 e. The molecule has 20 heavy (non-hydrogen) atoms. The molecular formula is C17H19N3. The summed E-state index contributed by atoms with van der Waals surface area (Å²) in [4.78, 5) is 8.13. The number of H-pyrrole nitrogens is 1. The van der Waals surface area contributed by atoms with Crippen LogP contribution < -0.4 is 5.73 Å². The summed E-state index contributed by atoms with van der Waals surface area (Å²) in [7, 11) is 0. The normalized spacial score (nSPS) is 11.2. The number of hydrogen-bond acceptors (Lipinski definition) is 2. The molecule has 1 heterocycles. The number of fused-ring (bicyclic) bond motifs is 1. The molecule has 0 radical (unpaired) electrons. The van der Waals surface area contributed by atoms with Gasteiger partial charge in [0.1, 0.15) is 5.82 Å². The lowest BCUT2D eigenvalue weighted by Gasteiger charge is -2.07. The van der Waals surface area contributed by atoms with Crippen molar-refractivity contribution in [3.63, 3.8) is 0 Å². The fourth-order valence-corrected chi connectivity index (χ4v) is 2.77. The minimum Gasteiger partial charge on any atom is -0.398 e. The fourth-order valence-electron chi connectivity index (χ4n) is 2.77. The second kappa shape index (κ2) is 4.37. The van der Waals surface area contributed by atoms with Crippen LogP contribution in [0, 0.1) is 27.7 Å². The van der Waals surface area contributed by atoms with Crippen molar-refractivity contribution in [1.29, 1.82) is 0 Å². The summed E-state index contributed by atoms with van der Waals surface area (Å²) >= 11 is 0. The number of nitrogens with one attached hydrogen (secondary N) is 1. The largest absolute Gasteiger partial charge is 0.398 e. The van der Waals surface area contributed by atoms with E-state index in [-0.39, 0.29) is 0 Å². The van der Waals surface area contributed by atoms with Gasteiger partial charge in [-0.2, -0.15) is 0 Å². The zero-order valence-electron chi connectivity index (χ0n) is 12.3. The molecule has 1 aromatic heterocycles. The smallest absolute Gasteiger partial charge is 0.140 e. The third kappa shape index (κ3) is 1.95. The maximum absolute atomic E-state index is 6.21. The summed E-state index contributed by atoms with van der Waals surface area (Å²) in [6, 6.07) is 8.45. The van der Waals surface area contributed by atoms with E-state index in [1.807, 2.05) is 6.92 Å². The maximum atomic E-state index is 6.21. The molecule has 3 N–H and O–H groups in total. The van der Waals surface area contributed by atoms with Crippen molar-refractivity contribution >= 4 is 16.7 Å². The van der Waals surface area contributed by atoms with Gasteiger partial charge in [0, 0.05) is 11.3 Å². The molecule has 0 bridgehead atoms. The van der Waals surface area contributed by atoms with Crippen LogP contribution in [0.4, 0.5) is 5.69 Å². The average Bonchev–Trinajstić information content (AvgIpc) is 2.77. The first-order chi connectivity index (χ1) is 9.45. The van der Waals surface area contributed by atoms with Crippen molar-refractivity contribution < 1.29 is 0 Å². The number of imidazole rings is 1. The van der Waals surface area contributed by atoms with Gasteiger partial charge in [-0.15, -0.1) is 0 Å². The standard InChI is InChI=1S/C17H19N3/c1-9-5-11(3)15(18)13(7-9)17-19-14-8-10(2)6-12(4)16(14)20-17/h5-8H,18H2,1-4H3,(H,19,20). The van der Waals surface area contributed by atoms with Crippen LogP contribution in [0.25, 0.3) is 22.4 Å². The van der Waals surface area contributed by atoms with Crippen LogP contribution in [-0.2, 0) is 0 Å². The van der Waals surface area contributed by atoms with Gasteiger partial charge < -0.3 is 10.7 Å². The number of nitrogen functional groups attached to an aromatic ring is 1. The Morgan fingerprint density at radius 2 is 1.55 bits per heavy atom. The number of aromatic amines is 1. The van der Waals surface area contributed by atoms with Crippen LogP contribution in [0.15, 0.2) is 24.3 Å². The second-order valence-corrected chi connectivity index (χ2v) is 5.61. The second-order valence-electron chi connectivity index (χ2n) is 5.61. The highest BCUT2D eigenvalue weighted by Crippen LogP contribution is 2.30. The lowest BCUT2D eigenvalue weighted by Crippen LogP contribution is -1.96. The van der Waals surface area contributed by atoms with Gasteiger partial charge in [-0.25, -0.2) is 4.98 Å². The highest BCUT2D eigenvalue weighted by Gasteiger charge is 2.12. The SMILES string of the molecule is Cc1cc(C)c(N)c(-c2nc3c(C)cc(C)cc3[nH]2)c1. The first kappa shape index (κ1) is 12.7. The Labute approximate surface area is 118 Å². The minimum absolute atomic E-state index is 0.795. The quantitative estimate of drug-likeness (QED) is 0.652. The molecule has 0 saturated carbocycles. The summed E-state index contributed by atoms with van der Waals surface area (Å²) in [5, 5.41) is 0. The summed E-state index contributed by atoms with van der Waals surface area (Å²) in [5.74, 6) is 0.845. The number of nitrogens with two attached hydrogens (primary N) is 1. The third-order valence-electron chi connectivity index (χ3n) is 3.71. The molecule has 0 saturated heterocycles. The van der Waals surface area contributed by atoms with E-state index < -0.39 is 0 Å². The minimum atomic E-state index is 0.795. The number of nitrogens with zero attached hydrogens (tertiary/aromatic N) is 1. The summed E-state index contributed by atoms with van der Waals surface area (Å²) in [6.45, 7) is 8.29. The van der Waals surface area contributed by atoms with Crippen molar-refractivity contribution in [2.24, 2.45) is 0 Å². The molecule has 3 rings (SSSR count). The molecular weight excluding hydrogens is 246 g/mol. The number of aryl methyl sites for hydroxylation is 4. The molecule has 0 fully saturated rings. The zero-order chi connectivity index (χ0) is 14.4. The highest BCUT2D eigenvalue weighted by atomic mass is 14.9. The van der Waals surface area contributed by atoms with E-state index in [4.69, 9.17) is 10.7 Å². The van der Waals surface area contributed by atoms with Crippen molar-refractivity contribution in [3.05, 3.63) is 46.5 Å². The molecule has 0 aliphatic rings. The number of anilines is 1. The van der Waals surface area contributed by atoms with Crippen LogP contribution in [0.3, 0.4) is 0 Å². The summed E-state index contributed by atoms with van der Waals surface area (Å²) in [6.07, 6.45) is 0. The number of aromatic nitrogens is 2. The van der Waals surface area contributed by atoms with Crippen molar-refractivity contribution in [2.75, 3.05) is 5.73 Å². The van der Waals surface area contributed by atoms with E-state index in [0.717, 1.165) is 33.7 Å². The summed E-state index contributed by atoms with van der Waals surface area (Å²) in [5.41, 5.74) is 14.8. The molecule has 3 nitrogen and oxygen atoms in total. The predicted octanol–water partition coefficient (Wildman–Crippen LogP) is 4.05. The van der Waals surface area contributed by atoms with E-state index in [1.165, 1.54) is 16.7 Å². The molecule has 0 atom stereocenters. The van der Waals surface area contributed by atoms with Crippen LogP contribution in [0.2, 0.25) is 0 Å². The molecule has 0 aliphatic carbocycles. The van der Waals surface area contributed by atoms with E-state index in [2.05, 4.69) is 50.0 Å². The van der Waals surface area contributed by atoms with Gasteiger partial charge in [-0.3, -0.25) is 0 Å². The number of hydrogen-bond donors (Lipinski definition) is 2. The average molecular weight is 265 g/mol. The van der Waals surface area contributed by atoms with Crippen LogP contribution in [0.1, 0.15) is 22.3 Å². The number of rotatable bonds is 1. The molecule has 0 spiro atoms. The van der Waals surface area contributed by atoms with Crippen molar-refractivity contribution in [2.45, 2.75) is 27.7 Å². The fraction of sp³-hybridized carbons (Fsp3) is 0.235. The van der Waals surface area contributed by atoms with Gasteiger partial charge in [0.15, 0.2) is 0 Å². The topological polar surface area (TPSA) is 54.7 Å². The van der Waals surface area contributed by atoms with Crippen molar-refractivity contribution in [1.82, 2.24) is 9.97 Å². The van der Waals surface area contributed by atoms with E-state index in [1.54, 1.807) is 0 Å². The van der Waals surface area contributed by atoms with E-state index in [0.29, 0.717) is 0 Å². The Hall–Kier alpha value is -2.29. The third-order valence-corrected chi connectivity index (χ3v) is 3.71. The van der Waals surface area contributed by atoms with Gasteiger partial charge in [0.2, 0.25) is 0 Å². The van der Waals surface area contributed by atoms with E-state index >= 15 is 0 Å². The Kier molecular flexibility index (Phi) is 2.78. The van der Waals surface area contributed by atoms with E-state index in [9.17, 15) is 0 Å². The molecule has 0 aliphatic heterocycles. The van der Waals surface area contributed by atoms with Crippen LogP contribution in [-0.4, -0.2) is 9.97 Å². The van der Waals surface area contributed by atoms with Crippen molar-refractivity contribution in [3.8, 4) is 11.4 Å². The lowest BCUT2D eigenvalue weighted by atomic mass is 10.0. The Bertz CT molecular complexity index is 813. The monoisotopic (exact) mass is 265 g/mol. The van der Waals surface area contributed by atoms with Gasteiger partial charge in [0.25, 0.3) is 0 Å². The number of benzene rings is 2. The van der Waals surface area contributed by atoms with Gasteiger partial charge in [-0.05, 0) is 62.1 Å². The first-order valence-corrected chi connectivity index (χ1v) is 6.80. The Morgan fingerprint density at radius 3 is 2.30 bits per heavy atom. The molecule has 0 unspecified atom stereocenters. The van der Waals surface area contributed by atoms with Gasteiger partial charge in [-0.1, -0.05) is 12.1 Å². The van der Waals surface area contributed by atoms with Crippen LogP contribution in [0.5, 0.6) is 0 Å². The first-order valence-electron chi connectivity index (χ1n) is 6.80.